The van der Waals surface area contributed by atoms with Crippen molar-refractivity contribution in [1.82, 2.24) is 15.2 Å². The summed E-state index contributed by atoms with van der Waals surface area (Å²) in [5.74, 6) is -0.962. The second-order valence-corrected chi connectivity index (χ2v) is 9.62. The summed E-state index contributed by atoms with van der Waals surface area (Å²) in [4.78, 5) is 57.1. The number of methoxy groups -OCH3 is 2. The number of thiazole rings is 1. The summed E-state index contributed by atoms with van der Waals surface area (Å²) >= 11 is 1.04. The first-order valence-electron chi connectivity index (χ1n) is 12.0. The van der Waals surface area contributed by atoms with Crippen LogP contribution in [0.4, 0.5) is 9.93 Å². The Morgan fingerprint density at radius 3 is 2.63 bits per heavy atom. The number of anilines is 1. The van der Waals surface area contributed by atoms with Gasteiger partial charge < -0.3 is 20.1 Å². The molecule has 0 saturated carbocycles. The van der Waals surface area contributed by atoms with Crippen LogP contribution in [0.2, 0.25) is 0 Å². The minimum Gasteiger partial charge on any atom is -0.496 e. The van der Waals surface area contributed by atoms with E-state index in [1.54, 1.807) is 7.11 Å². The van der Waals surface area contributed by atoms with Gasteiger partial charge >= 0.3 is 12.0 Å². The molecule has 1 aromatic heterocycles. The number of amides is 4. The van der Waals surface area contributed by atoms with Crippen LogP contribution in [0.25, 0.3) is 0 Å². The first-order chi connectivity index (χ1) is 18.3. The van der Waals surface area contributed by atoms with Gasteiger partial charge in [0.1, 0.15) is 11.8 Å². The quantitative estimate of drug-likeness (QED) is 0.419. The zero-order chi connectivity index (χ0) is 27.2. The number of imide groups is 1. The van der Waals surface area contributed by atoms with Gasteiger partial charge in [-0.05, 0) is 36.1 Å². The number of nitrogens with zero attached hydrogens (tertiary/aromatic N) is 2. The van der Waals surface area contributed by atoms with Gasteiger partial charge in [-0.15, -0.1) is 11.3 Å². The van der Waals surface area contributed by atoms with Gasteiger partial charge in [0.05, 0.1) is 20.3 Å². The Morgan fingerprint density at radius 1 is 1.18 bits per heavy atom. The molecule has 1 saturated heterocycles. The number of carbonyl (C=O) groups excluding carboxylic acids is 4. The van der Waals surface area contributed by atoms with Crippen molar-refractivity contribution in [2.24, 2.45) is 0 Å². The van der Waals surface area contributed by atoms with Crippen molar-refractivity contribution in [3.05, 3.63) is 76.3 Å². The molecular formula is C27H28N4O6S. The highest BCUT2D eigenvalue weighted by Gasteiger charge is 2.38. The predicted octanol–water partition coefficient (Wildman–Crippen LogP) is 3.87. The van der Waals surface area contributed by atoms with Crippen molar-refractivity contribution in [2.75, 3.05) is 19.5 Å². The maximum atomic E-state index is 13.5. The third kappa shape index (κ3) is 6.00. The number of esters is 1. The van der Waals surface area contributed by atoms with E-state index in [2.05, 4.69) is 20.4 Å². The third-order valence-electron chi connectivity index (χ3n) is 6.27. The first-order valence-corrected chi connectivity index (χ1v) is 12.8. The molecule has 2 heterocycles. The molecular weight excluding hydrogens is 508 g/mol. The van der Waals surface area contributed by atoms with E-state index in [4.69, 9.17) is 4.74 Å². The second-order valence-electron chi connectivity index (χ2n) is 8.76. The fraction of sp³-hybridized carbons (Fsp3) is 0.296. The Hall–Kier alpha value is -4.25. The number of nitrogens with one attached hydrogen (secondary N) is 2. The molecule has 198 valence electrons. The van der Waals surface area contributed by atoms with E-state index in [0.29, 0.717) is 6.42 Å². The number of hydrogen-bond acceptors (Lipinski definition) is 8. The Balaban J connectivity index is 1.60. The summed E-state index contributed by atoms with van der Waals surface area (Å²) in [6.45, 7) is 1.91. The van der Waals surface area contributed by atoms with Crippen molar-refractivity contribution in [2.45, 2.75) is 38.3 Å². The molecule has 3 aromatic rings. The van der Waals surface area contributed by atoms with Crippen molar-refractivity contribution < 1.29 is 28.7 Å². The summed E-state index contributed by atoms with van der Waals surface area (Å²) in [5.41, 5.74) is 2.57. The van der Waals surface area contributed by atoms with Crippen LogP contribution in [0.3, 0.4) is 0 Å². The van der Waals surface area contributed by atoms with Crippen LogP contribution in [0.5, 0.6) is 5.75 Å². The summed E-state index contributed by atoms with van der Waals surface area (Å²) < 4.78 is 9.99. The van der Waals surface area contributed by atoms with Crippen LogP contribution < -0.4 is 15.4 Å². The van der Waals surface area contributed by atoms with Crippen molar-refractivity contribution in [3.63, 3.8) is 0 Å². The van der Waals surface area contributed by atoms with Gasteiger partial charge in [0.2, 0.25) is 11.8 Å². The number of hydrogen-bond donors (Lipinski definition) is 2. The maximum Gasteiger partial charge on any atom is 0.357 e. The molecule has 0 radical (unpaired) electrons. The summed E-state index contributed by atoms with van der Waals surface area (Å²) in [7, 11) is 2.83. The Labute approximate surface area is 224 Å². The first kappa shape index (κ1) is 26.8. The maximum absolute atomic E-state index is 13.5. The van der Waals surface area contributed by atoms with E-state index in [1.807, 2.05) is 55.5 Å². The summed E-state index contributed by atoms with van der Waals surface area (Å²) in [6, 6.07) is 12.5. The highest BCUT2D eigenvalue weighted by Crippen LogP contribution is 2.28. The van der Waals surface area contributed by atoms with Crippen LogP contribution in [-0.4, -0.2) is 54.0 Å². The SMILES string of the molecule is COC(=O)c1csc(NC(=O)[C@H](Cc2ccccc2)N2C(=O)CCC(c3ccc(OC)c(C)c3)NC2=O)n1. The minimum atomic E-state index is -1.15. The van der Waals surface area contributed by atoms with Crippen LogP contribution in [0.1, 0.15) is 46.1 Å². The Bertz CT molecular complexity index is 1340. The molecule has 1 aliphatic heterocycles. The summed E-state index contributed by atoms with van der Waals surface area (Å²) in [5, 5.41) is 7.19. The average molecular weight is 537 g/mol. The van der Waals surface area contributed by atoms with Gasteiger partial charge in [0.15, 0.2) is 10.8 Å². The monoisotopic (exact) mass is 536 g/mol. The van der Waals surface area contributed by atoms with E-state index >= 15 is 0 Å². The standard InChI is InChI=1S/C27H28N4O6S/c1-16-13-18(9-11-22(16)36-2)19-10-12-23(32)31(27(35)29-19)21(14-17-7-5-4-6-8-17)24(33)30-26-28-20(15-38-26)25(34)37-3/h4-9,11,13,15,19,21H,10,12,14H2,1-3H3,(H,29,35)(H,28,30,33)/t19?,21-/m0/s1. The number of aromatic nitrogens is 1. The van der Waals surface area contributed by atoms with Crippen molar-refractivity contribution in [1.29, 1.82) is 0 Å². The van der Waals surface area contributed by atoms with Gasteiger partial charge in [-0.1, -0.05) is 42.5 Å². The molecule has 4 amide bonds. The van der Waals surface area contributed by atoms with E-state index in [0.717, 1.165) is 38.7 Å². The largest absolute Gasteiger partial charge is 0.496 e. The van der Waals surface area contributed by atoms with Gasteiger partial charge in [-0.25, -0.2) is 14.6 Å². The van der Waals surface area contributed by atoms with Gasteiger partial charge in [-0.3, -0.25) is 14.5 Å². The highest BCUT2D eigenvalue weighted by atomic mass is 32.1. The van der Waals surface area contributed by atoms with Crippen LogP contribution in [0, 0.1) is 6.92 Å². The number of ether oxygens (including phenoxy) is 2. The Morgan fingerprint density at radius 2 is 1.95 bits per heavy atom. The molecule has 2 N–H and O–H groups in total. The van der Waals surface area contributed by atoms with E-state index in [-0.39, 0.29) is 23.7 Å². The van der Waals surface area contributed by atoms with Gasteiger partial charge in [0, 0.05) is 18.2 Å². The molecule has 10 nitrogen and oxygen atoms in total. The summed E-state index contributed by atoms with van der Waals surface area (Å²) in [6.07, 6.45) is 0.547. The molecule has 1 aliphatic rings. The van der Waals surface area contributed by atoms with Crippen LogP contribution >= 0.6 is 11.3 Å². The highest BCUT2D eigenvalue weighted by molar-refractivity contribution is 7.14. The molecule has 2 aromatic carbocycles. The van der Waals surface area contributed by atoms with E-state index in [9.17, 15) is 19.2 Å². The van der Waals surface area contributed by atoms with Crippen molar-refractivity contribution >= 4 is 40.3 Å². The number of benzene rings is 2. The molecule has 1 fully saturated rings. The average Bonchev–Trinajstić information content (AvgIpc) is 3.33. The third-order valence-corrected chi connectivity index (χ3v) is 7.03. The van der Waals surface area contributed by atoms with Crippen molar-refractivity contribution in [3.8, 4) is 5.75 Å². The fourth-order valence-corrected chi connectivity index (χ4v) is 5.02. The smallest absolute Gasteiger partial charge is 0.357 e. The topological polar surface area (TPSA) is 127 Å². The lowest BCUT2D eigenvalue weighted by Crippen LogP contribution is -2.53. The normalized spacial score (nSPS) is 16.3. The lowest BCUT2D eigenvalue weighted by Gasteiger charge is -2.28. The molecule has 1 unspecified atom stereocenters. The number of carbonyl (C=O) groups is 4. The number of urea groups is 1. The van der Waals surface area contributed by atoms with Gasteiger partial charge in [-0.2, -0.15) is 0 Å². The van der Waals surface area contributed by atoms with E-state index in [1.165, 1.54) is 12.5 Å². The minimum absolute atomic E-state index is 0.0497. The molecule has 0 spiro atoms. The zero-order valence-corrected chi connectivity index (χ0v) is 22.0. The lowest BCUT2D eigenvalue weighted by atomic mass is 10.00. The molecule has 11 heteroatoms. The molecule has 4 rings (SSSR count). The lowest BCUT2D eigenvalue weighted by molar-refractivity contribution is -0.134. The second kappa shape index (κ2) is 11.9. The van der Waals surface area contributed by atoms with Crippen LogP contribution in [-0.2, 0) is 20.7 Å². The number of aryl methyl sites for hydroxylation is 1. The van der Waals surface area contributed by atoms with Crippen LogP contribution in [0.15, 0.2) is 53.9 Å². The van der Waals surface area contributed by atoms with Gasteiger partial charge in [0.25, 0.3) is 0 Å². The molecule has 38 heavy (non-hydrogen) atoms. The van der Waals surface area contributed by atoms with E-state index < -0.39 is 35.9 Å². The molecule has 0 bridgehead atoms. The molecule has 2 atom stereocenters. The number of rotatable bonds is 8. The Kier molecular flexibility index (Phi) is 8.37. The zero-order valence-electron chi connectivity index (χ0n) is 21.2. The predicted molar refractivity (Wildman–Crippen MR) is 141 cm³/mol. The molecule has 0 aliphatic carbocycles. The fourth-order valence-electron chi connectivity index (χ4n) is 4.33.